The van der Waals surface area contributed by atoms with Gasteiger partial charge in [0.2, 0.25) is 5.95 Å². The maximum atomic E-state index is 11.7. The minimum atomic E-state index is -0.778. The molecule has 0 aliphatic rings. The summed E-state index contributed by atoms with van der Waals surface area (Å²) < 4.78 is 4.85. The predicted molar refractivity (Wildman–Crippen MR) is 81.8 cm³/mol. The summed E-state index contributed by atoms with van der Waals surface area (Å²) in [5.74, 6) is -0.593. The Morgan fingerprint density at radius 2 is 1.91 bits per heavy atom. The van der Waals surface area contributed by atoms with E-state index in [1.54, 1.807) is 0 Å². The number of anilines is 1. The molecular formula is C14H14N5O4-. The highest BCUT2D eigenvalue weighted by Crippen LogP contribution is 2.33. The van der Waals surface area contributed by atoms with Crippen LogP contribution in [0.5, 0.6) is 11.5 Å². The van der Waals surface area contributed by atoms with Crippen molar-refractivity contribution in [1.82, 2.24) is 9.97 Å². The molecule has 2 rings (SSSR count). The lowest BCUT2D eigenvalue weighted by molar-refractivity contribution is -0.398. The Kier molecular flexibility index (Phi) is 4.69. The molecule has 0 amide bonds. The van der Waals surface area contributed by atoms with Gasteiger partial charge in [0.05, 0.1) is 18.2 Å². The first kappa shape index (κ1) is 16.1. The quantitative estimate of drug-likeness (QED) is 0.503. The number of nitrogens with one attached hydrogen (secondary N) is 1. The lowest BCUT2D eigenvalue weighted by Gasteiger charge is -2.12. The van der Waals surface area contributed by atoms with E-state index in [1.807, 2.05) is 19.9 Å². The molecule has 0 aliphatic heterocycles. The third-order valence-corrected chi connectivity index (χ3v) is 2.83. The SMILES string of the molecule is COc1cc(/C=N\Nc2nc(C)cc(C)n2)cc([N+](=O)[O-])c1[O-]. The summed E-state index contributed by atoms with van der Waals surface area (Å²) in [7, 11) is 1.27. The van der Waals surface area contributed by atoms with E-state index in [9.17, 15) is 15.2 Å². The van der Waals surface area contributed by atoms with E-state index in [2.05, 4.69) is 20.5 Å². The Hall–Kier alpha value is -3.23. The molecule has 0 saturated heterocycles. The molecule has 120 valence electrons. The summed E-state index contributed by atoms with van der Waals surface area (Å²) in [6, 6.07) is 4.30. The number of benzene rings is 1. The molecule has 0 spiro atoms. The molecular weight excluding hydrogens is 302 g/mol. The van der Waals surface area contributed by atoms with Crippen LogP contribution in [-0.4, -0.2) is 28.2 Å². The number of hydrogen-bond donors (Lipinski definition) is 1. The van der Waals surface area contributed by atoms with Crippen molar-refractivity contribution in [1.29, 1.82) is 0 Å². The smallest absolute Gasteiger partial charge is 0.266 e. The van der Waals surface area contributed by atoms with Crippen molar-refractivity contribution in [2.75, 3.05) is 12.5 Å². The largest absolute Gasteiger partial charge is 0.865 e. The first-order chi connectivity index (χ1) is 10.9. The van der Waals surface area contributed by atoms with Crippen molar-refractivity contribution in [3.8, 4) is 11.5 Å². The van der Waals surface area contributed by atoms with Crippen molar-refractivity contribution in [2.45, 2.75) is 13.8 Å². The van der Waals surface area contributed by atoms with Gasteiger partial charge in [0.1, 0.15) is 5.75 Å². The first-order valence-corrected chi connectivity index (χ1v) is 6.55. The second kappa shape index (κ2) is 6.69. The second-order valence-electron chi connectivity index (χ2n) is 4.67. The maximum Gasteiger partial charge on any atom is 0.266 e. The molecule has 0 radical (unpaired) electrons. The number of hydrogen-bond acceptors (Lipinski definition) is 8. The number of methoxy groups -OCH3 is 1. The van der Waals surface area contributed by atoms with Gasteiger partial charge in [0.15, 0.2) is 0 Å². The molecule has 2 aromatic rings. The number of ether oxygens (including phenoxy) is 1. The second-order valence-corrected chi connectivity index (χ2v) is 4.67. The van der Waals surface area contributed by atoms with Crippen LogP contribution in [0, 0.1) is 24.0 Å². The number of nitrogens with zero attached hydrogens (tertiary/aromatic N) is 4. The summed E-state index contributed by atoms with van der Waals surface area (Å²) in [6.07, 6.45) is 1.32. The van der Waals surface area contributed by atoms with Crippen molar-refractivity contribution in [3.05, 3.63) is 45.3 Å². The molecule has 9 heteroatoms. The lowest BCUT2D eigenvalue weighted by atomic mass is 10.2. The van der Waals surface area contributed by atoms with Gasteiger partial charge in [-0.05, 0) is 26.0 Å². The van der Waals surface area contributed by atoms with Gasteiger partial charge >= 0.3 is 0 Å². The molecule has 23 heavy (non-hydrogen) atoms. The van der Waals surface area contributed by atoms with E-state index < -0.39 is 16.4 Å². The van der Waals surface area contributed by atoms with Crippen LogP contribution in [0.3, 0.4) is 0 Å². The van der Waals surface area contributed by atoms with Crippen LogP contribution in [0.4, 0.5) is 11.6 Å². The molecule has 0 atom stereocenters. The Morgan fingerprint density at radius 3 is 2.48 bits per heavy atom. The summed E-state index contributed by atoms with van der Waals surface area (Å²) in [5, 5.41) is 26.5. The molecule has 1 N–H and O–H groups in total. The zero-order valence-corrected chi connectivity index (χ0v) is 12.7. The zero-order valence-electron chi connectivity index (χ0n) is 12.7. The Morgan fingerprint density at radius 1 is 1.26 bits per heavy atom. The van der Waals surface area contributed by atoms with Crippen LogP contribution < -0.4 is 15.3 Å². The van der Waals surface area contributed by atoms with E-state index in [4.69, 9.17) is 4.74 Å². The Labute approximate surface area is 131 Å². The molecule has 0 bridgehead atoms. The number of rotatable bonds is 5. The van der Waals surface area contributed by atoms with E-state index in [0.29, 0.717) is 11.5 Å². The highest BCUT2D eigenvalue weighted by atomic mass is 16.6. The molecule has 0 saturated carbocycles. The van der Waals surface area contributed by atoms with Gasteiger partial charge < -0.3 is 9.84 Å². The monoisotopic (exact) mass is 316 g/mol. The number of aryl methyl sites for hydroxylation is 2. The predicted octanol–water partition coefficient (Wildman–Crippen LogP) is 1.53. The fourth-order valence-corrected chi connectivity index (χ4v) is 1.91. The molecule has 1 aromatic carbocycles. The topological polar surface area (TPSA) is 126 Å². The minimum absolute atomic E-state index is 0.122. The highest BCUT2D eigenvalue weighted by molar-refractivity contribution is 5.83. The van der Waals surface area contributed by atoms with Crippen LogP contribution in [0.25, 0.3) is 0 Å². The lowest BCUT2D eigenvalue weighted by Crippen LogP contribution is -2.03. The fourth-order valence-electron chi connectivity index (χ4n) is 1.91. The average molecular weight is 316 g/mol. The number of hydrazone groups is 1. The van der Waals surface area contributed by atoms with Crippen molar-refractivity contribution >= 4 is 17.9 Å². The van der Waals surface area contributed by atoms with E-state index in [1.165, 1.54) is 19.4 Å². The third-order valence-electron chi connectivity index (χ3n) is 2.83. The van der Waals surface area contributed by atoms with Gasteiger partial charge in [-0.1, -0.05) is 0 Å². The van der Waals surface area contributed by atoms with E-state index in [0.717, 1.165) is 17.5 Å². The first-order valence-electron chi connectivity index (χ1n) is 6.55. The summed E-state index contributed by atoms with van der Waals surface area (Å²) in [4.78, 5) is 18.4. The van der Waals surface area contributed by atoms with Crippen molar-refractivity contribution in [2.24, 2.45) is 5.10 Å². The number of aromatic nitrogens is 2. The zero-order chi connectivity index (χ0) is 17.0. The van der Waals surface area contributed by atoms with Crippen LogP contribution in [0.15, 0.2) is 23.3 Å². The van der Waals surface area contributed by atoms with Gasteiger partial charge in [0.25, 0.3) is 5.69 Å². The van der Waals surface area contributed by atoms with Crippen LogP contribution in [-0.2, 0) is 0 Å². The number of nitro groups is 1. The average Bonchev–Trinajstić information content (AvgIpc) is 2.47. The minimum Gasteiger partial charge on any atom is -0.865 e. The molecule has 9 nitrogen and oxygen atoms in total. The van der Waals surface area contributed by atoms with Gasteiger partial charge in [-0.25, -0.2) is 15.4 Å². The summed E-state index contributed by atoms with van der Waals surface area (Å²) in [6.45, 7) is 3.65. The van der Waals surface area contributed by atoms with Crippen LogP contribution >= 0.6 is 0 Å². The van der Waals surface area contributed by atoms with Crippen molar-refractivity contribution in [3.63, 3.8) is 0 Å². The fraction of sp³-hybridized carbons (Fsp3) is 0.214. The highest BCUT2D eigenvalue weighted by Gasteiger charge is 2.12. The van der Waals surface area contributed by atoms with Crippen molar-refractivity contribution < 1.29 is 14.8 Å². The van der Waals surface area contributed by atoms with E-state index >= 15 is 0 Å². The number of nitro benzene ring substituents is 1. The molecule has 1 aromatic heterocycles. The van der Waals surface area contributed by atoms with Gasteiger partial charge in [-0.15, -0.1) is 0 Å². The maximum absolute atomic E-state index is 11.7. The Balaban J connectivity index is 2.25. The molecule has 1 heterocycles. The van der Waals surface area contributed by atoms with Gasteiger partial charge in [-0.2, -0.15) is 5.10 Å². The normalized spacial score (nSPS) is 10.7. The molecule has 0 fully saturated rings. The summed E-state index contributed by atoms with van der Waals surface area (Å²) in [5.41, 5.74) is 3.96. The van der Waals surface area contributed by atoms with Crippen LogP contribution in [0.1, 0.15) is 17.0 Å². The van der Waals surface area contributed by atoms with E-state index in [-0.39, 0.29) is 5.75 Å². The van der Waals surface area contributed by atoms with Crippen LogP contribution in [0.2, 0.25) is 0 Å². The Bertz CT molecular complexity index is 756. The summed E-state index contributed by atoms with van der Waals surface area (Å²) >= 11 is 0. The van der Waals surface area contributed by atoms with Gasteiger partial charge in [0, 0.05) is 28.8 Å². The molecule has 0 aliphatic carbocycles. The van der Waals surface area contributed by atoms with Gasteiger partial charge in [-0.3, -0.25) is 10.1 Å². The molecule has 0 unspecified atom stereocenters. The standard InChI is InChI=1S/C14H15N5O4/c1-8-4-9(2)17-14(16-8)18-15-7-10-5-11(19(21)22)13(20)12(6-10)23-3/h4-7,20H,1-3H3,(H,16,17,18)/p-1/b15-7-. The third kappa shape index (κ3) is 3.90.